The van der Waals surface area contributed by atoms with Crippen LogP contribution in [0.1, 0.15) is 67.4 Å². The summed E-state index contributed by atoms with van der Waals surface area (Å²) in [6.07, 6.45) is 12.2. The third kappa shape index (κ3) is 5.75. The molecule has 1 aromatic heterocycles. The van der Waals surface area contributed by atoms with Crippen molar-refractivity contribution in [2.75, 3.05) is 26.2 Å². The van der Waals surface area contributed by atoms with Gasteiger partial charge in [-0.15, -0.1) is 0 Å². The number of hydrogen-bond donors (Lipinski definition) is 0. The van der Waals surface area contributed by atoms with Gasteiger partial charge in [0.05, 0.1) is 5.69 Å². The van der Waals surface area contributed by atoms with Crippen LogP contribution < -0.4 is 4.74 Å². The van der Waals surface area contributed by atoms with E-state index in [4.69, 9.17) is 4.74 Å². The summed E-state index contributed by atoms with van der Waals surface area (Å²) in [5.41, 5.74) is 1.91. The van der Waals surface area contributed by atoms with Gasteiger partial charge in [-0.3, -0.25) is 14.7 Å². The maximum Gasteiger partial charge on any atom is 0.253 e. The lowest BCUT2D eigenvalue weighted by Gasteiger charge is -2.32. The molecular weight excluding hydrogens is 410 g/mol. The summed E-state index contributed by atoms with van der Waals surface area (Å²) in [4.78, 5) is 22.0. The Morgan fingerprint density at radius 1 is 0.879 bits per heavy atom. The molecule has 2 aromatic rings. The van der Waals surface area contributed by atoms with Crippen LogP contribution in [0, 0.1) is 11.8 Å². The largest absolute Gasteiger partial charge is 0.490 e. The number of ether oxygens (including phenoxy) is 1. The lowest BCUT2D eigenvalue weighted by atomic mass is 9.80. The van der Waals surface area contributed by atoms with Crippen molar-refractivity contribution in [3.05, 3.63) is 59.9 Å². The first-order valence-corrected chi connectivity index (χ1v) is 12.9. The lowest BCUT2D eigenvalue weighted by molar-refractivity contribution is 0.0779. The average Bonchev–Trinajstić information content (AvgIpc) is 3.37. The molecule has 0 N–H and O–H groups in total. The van der Waals surface area contributed by atoms with Crippen LogP contribution in [0.4, 0.5) is 0 Å². The molecule has 33 heavy (non-hydrogen) atoms. The van der Waals surface area contributed by atoms with E-state index in [0.29, 0.717) is 5.92 Å². The quantitative estimate of drug-likeness (QED) is 0.613. The van der Waals surface area contributed by atoms with E-state index >= 15 is 0 Å². The maximum absolute atomic E-state index is 13.0. The van der Waals surface area contributed by atoms with Gasteiger partial charge in [0.25, 0.3) is 5.91 Å². The highest BCUT2D eigenvalue weighted by Crippen LogP contribution is 2.35. The number of carbonyl (C=O) groups excluding carboxylic acids is 1. The molecule has 1 aromatic carbocycles. The molecule has 0 spiro atoms. The summed E-state index contributed by atoms with van der Waals surface area (Å²) in [7, 11) is 0. The van der Waals surface area contributed by atoms with Gasteiger partial charge in [-0.2, -0.15) is 0 Å². The fourth-order valence-corrected chi connectivity index (χ4v) is 5.92. The number of amides is 1. The van der Waals surface area contributed by atoms with Crippen molar-refractivity contribution in [1.82, 2.24) is 14.8 Å². The minimum atomic E-state index is 0.183. The molecular formula is C28H37N3O2. The molecule has 5 heteroatoms. The molecule has 3 heterocycles. The minimum Gasteiger partial charge on any atom is -0.490 e. The van der Waals surface area contributed by atoms with Crippen molar-refractivity contribution in [1.29, 1.82) is 0 Å². The molecule has 2 saturated heterocycles. The number of rotatable bonds is 6. The second-order valence-electron chi connectivity index (χ2n) is 10.1. The molecule has 3 fully saturated rings. The smallest absolute Gasteiger partial charge is 0.253 e. The van der Waals surface area contributed by atoms with Gasteiger partial charge in [-0.25, -0.2) is 0 Å². The molecule has 3 aliphatic rings. The summed E-state index contributed by atoms with van der Waals surface area (Å²) in [5.74, 6) is 2.60. The second kappa shape index (κ2) is 10.7. The van der Waals surface area contributed by atoms with Gasteiger partial charge >= 0.3 is 0 Å². The fourth-order valence-electron chi connectivity index (χ4n) is 5.92. The first-order chi connectivity index (χ1) is 16.2. The number of carbonyl (C=O) groups is 1. The van der Waals surface area contributed by atoms with Gasteiger partial charge in [-0.1, -0.05) is 38.2 Å². The van der Waals surface area contributed by atoms with E-state index in [1.54, 1.807) is 0 Å². The van der Waals surface area contributed by atoms with E-state index < -0.39 is 0 Å². The predicted octanol–water partition coefficient (Wildman–Crippen LogP) is 5.17. The molecule has 1 amide bonds. The predicted molar refractivity (Wildman–Crippen MR) is 130 cm³/mol. The zero-order chi connectivity index (χ0) is 22.5. The van der Waals surface area contributed by atoms with E-state index in [9.17, 15) is 4.79 Å². The Kier molecular flexibility index (Phi) is 7.25. The highest BCUT2D eigenvalue weighted by atomic mass is 16.5. The third-order valence-electron chi connectivity index (χ3n) is 7.88. The lowest BCUT2D eigenvalue weighted by Crippen LogP contribution is -2.38. The summed E-state index contributed by atoms with van der Waals surface area (Å²) in [5, 5.41) is 0. The van der Waals surface area contributed by atoms with E-state index in [1.807, 2.05) is 42.6 Å². The molecule has 2 aliphatic heterocycles. The van der Waals surface area contributed by atoms with Gasteiger partial charge in [0.15, 0.2) is 0 Å². The number of likely N-dealkylation sites (tertiary alicyclic amines) is 2. The topological polar surface area (TPSA) is 45.7 Å². The number of benzene rings is 1. The summed E-state index contributed by atoms with van der Waals surface area (Å²) in [6, 6.07) is 13.9. The third-order valence-corrected chi connectivity index (χ3v) is 7.88. The van der Waals surface area contributed by atoms with Crippen molar-refractivity contribution in [2.24, 2.45) is 11.8 Å². The van der Waals surface area contributed by atoms with Crippen LogP contribution >= 0.6 is 0 Å². The standard InChI is InChI=1S/C28H37N3O2/c32-28(31-19-13-24(20-31)22-6-2-1-3-7-22)23-9-11-26(12-10-23)33-27-14-17-30(18-15-27)21-25-8-4-5-16-29-25/h4-5,8-12,16,22,24,27H,1-3,6-7,13-15,17-21H2. The molecule has 1 atom stereocenters. The molecule has 1 unspecified atom stereocenters. The van der Waals surface area contributed by atoms with Crippen LogP contribution in [0.3, 0.4) is 0 Å². The normalized spacial score (nSPS) is 23.0. The Morgan fingerprint density at radius 2 is 1.67 bits per heavy atom. The molecule has 5 nitrogen and oxygen atoms in total. The molecule has 0 bridgehead atoms. The molecule has 1 aliphatic carbocycles. The van der Waals surface area contributed by atoms with Gasteiger partial charge < -0.3 is 9.64 Å². The van der Waals surface area contributed by atoms with Crippen molar-refractivity contribution in [2.45, 2.75) is 64.0 Å². The van der Waals surface area contributed by atoms with Gasteiger partial charge in [-0.05, 0) is 67.5 Å². The fraction of sp³-hybridized carbons (Fsp3) is 0.571. The molecule has 1 saturated carbocycles. The first kappa shape index (κ1) is 22.4. The van der Waals surface area contributed by atoms with Crippen LogP contribution in [0.2, 0.25) is 0 Å². The number of aromatic nitrogens is 1. The maximum atomic E-state index is 13.0. The highest BCUT2D eigenvalue weighted by Gasteiger charge is 2.32. The van der Waals surface area contributed by atoms with Crippen molar-refractivity contribution < 1.29 is 9.53 Å². The van der Waals surface area contributed by atoms with Crippen molar-refractivity contribution in [3.63, 3.8) is 0 Å². The van der Waals surface area contributed by atoms with Gasteiger partial charge in [0.1, 0.15) is 11.9 Å². The summed E-state index contributed by atoms with van der Waals surface area (Å²) < 4.78 is 6.24. The molecule has 0 radical (unpaired) electrons. The van der Waals surface area contributed by atoms with Crippen LogP contribution in [0.25, 0.3) is 0 Å². The SMILES string of the molecule is O=C(c1ccc(OC2CCN(Cc3ccccn3)CC2)cc1)N1CCC(C2CCCCC2)C1. The molecule has 5 rings (SSSR count). The summed E-state index contributed by atoms with van der Waals surface area (Å²) in [6.45, 7) is 4.81. The van der Waals surface area contributed by atoms with Gasteiger partial charge in [0, 0.05) is 44.5 Å². The van der Waals surface area contributed by atoms with Crippen LogP contribution in [-0.4, -0.2) is 53.0 Å². The minimum absolute atomic E-state index is 0.183. The Bertz CT molecular complexity index is 887. The number of pyridine rings is 1. The Morgan fingerprint density at radius 3 is 2.39 bits per heavy atom. The average molecular weight is 448 g/mol. The van der Waals surface area contributed by atoms with Gasteiger partial charge in [0.2, 0.25) is 0 Å². The van der Waals surface area contributed by atoms with E-state index in [1.165, 1.54) is 38.5 Å². The van der Waals surface area contributed by atoms with Crippen LogP contribution in [-0.2, 0) is 6.54 Å². The van der Waals surface area contributed by atoms with Crippen LogP contribution in [0.5, 0.6) is 5.75 Å². The Labute approximate surface area is 198 Å². The van der Waals surface area contributed by atoms with E-state index in [2.05, 4.69) is 20.9 Å². The van der Waals surface area contributed by atoms with E-state index in [0.717, 1.165) is 68.5 Å². The zero-order valence-corrected chi connectivity index (χ0v) is 19.7. The van der Waals surface area contributed by atoms with Crippen LogP contribution in [0.15, 0.2) is 48.7 Å². The van der Waals surface area contributed by atoms with E-state index in [-0.39, 0.29) is 12.0 Å². The number of hydrogen-bond acceptors (Lipinski definition) is 4. The number of nitrogens with zero attached hydrogens (tertiary/aromatic N) is 3. The Balaban J connectivity index is 1.08. The summed E-state index contributed by atoms with van der Waals surface area (Å²) >= 11 is 0. The second-order valence-corrected chi connectivity index (χ2v) is 10.1. The van der Waals surface area contributed by atoms with Crippen molar-refractivity contribution >= 4 is 5.91 Å². The first-order valence-electron chi connectivity index (χ1n) is 12.9. The highest BCUT2D eigenvalue weighted by molar-refractivity contribution is 5.94. The zero-order valence-electron chi connectivity index (χ0n) is 19.7. The number of piperidine rings is 1. The molecule has 176 valence electrons. The monoisotopic (exact) mass is 447 g/mol. The van der Waals surface area contributed by atoms with Crippen molar-refractivity contribution in [3.8, 4) is 5.75 Å². The Hall–Kier alpha value is -2.40.